The average Bonchev–Trinajstić information content (AvgIpc) is 3.04. The smallest absolute Gasteiger partial charge is 0.270 e. The number of rotatable bonds is 4. The van der Waals surface area contributed by atoms with Gasteiger partial charge >= 0.3 is 0 Å². The van der Waals surface area contributed by atoms with Gasteiger partial charge < -0.3 is 5.11 Å². The Morgan fingerprint density at radius 3 is 2.52 bits per heavy atom. The first-order valence-corrected chi connectivity index (χ1v) is 9.94. The summed E-state index contributed by atoms with van der Waals surface area (Å²) < 4.78 is 3.37. The molecule has 2 aromatic carbocycles. The Morgan fingerprint density at radius 2 is 1.79 bits per heavy atom. The average molecular weight is 404 g/mol. The molecule has 146 valence electrons. The first-order valence-electron chi connectivity index (χ1n) is 9.54. The van der Waals surface area contributed by atoms with Gasteiger partial charge in [0.25, 0.3) is 5.56 Å². The van der Waals surface area contributed by atoms with Gasteiger partial charge in [0.1, 0.15) is 5.56 Å². The van der Waals surface area contributed by atoms with Crippen molar-refractivity contribution < 1.29 is 5.11 Å². The number of aromatic hydroxyl groups is 1. The molecule has 4 rings (SSSR count). The van der Waals surface area contributed by atoms with E-state index in [0.29, 0.717) is 12.2 Å². The maximum Gasteiger partial charge on any atom is 0.270 e. The minimum atomic E-state index is -0.351. The zero-order valence-electron chi connectivity index (χ0n) is 16.3. The van der Waals surface area contributed by atoms with Gasteiger partial charge in [0.15, 0.2) is 4.77 Å². The molecule has 1 aliphatic heterocycles. The molecule has 3 aromatic rings. The predicted octanol–water partition coefficient (Wildman–Crippen LogP) is 5.13. The Bertz CT molecular complexity index is 1270. The van der Waals surface area contributed by atoms with E-state index in [1.54, 1.807) is 10.6 Å². The van der Waals surface area contributed by atoms with Crippen molar-refractivity contribution in [2.45, 2.75) is 26.8 Å². The van der Waals surface area contributed by atoms with Gasteiger partial charge in [-0.15, -0.1) is 0 Å². The van der Waals surface area contributed by atoms with Crippen LogP contribution < -0.4 is 5.56 Å². The molecule has 0 spiro atoms. The summed E-state index contributed by atoms with van der Waals surface area (Å²) in [7, 11) is 0. The van der Waals surface area contributed by atoms with Gasteiger partial charge in [-0.3, -0.25) is 18.9 Å². The lowest BCUT2D eigenvalue weighted by Gasteiger charge is -2.16. The molecule has 1 aromatic heterocycles. The lowest BCUT2D eigenvalue weighted by molar-refractivity contribution is 0.398. The molecule has 1 N–H and O–H groups in total. The number of aliphatic imine (C=N–C) groups is 1. The molecule has 1 aliphatic rings. The number of hydrogen-bond acceptors (Lipinski definition) is 4. The first-order chi connectivity index (χ1) is 14.0. The molecule has 2 heterocycles. The number of hydrogen-bond donors (Lipinski definition) is 1. The molecule has 5 nitrogen and oxygen atoms in total. The van der Waals surface area contributed by atoms with E-state index in [2.05, 4.69) is 4.99 Å². The van der Waals surface area contributed by atoms with E-state index in [9.17, 15) is 9.90 Å². The van der Waals surface area contributed by atoms with Crippen molar-refractivity contribution in [2.24, 2.45) is 4.99 Å². The van der Waals surface area contributed by atoms with Crippen LogP contribution in [-0.4, -0.2) is 20.0 Å². The van der Waals surface area contributed by atoms with Crippen molar-refractivity contribution in [1.29, 1.82) is 0 Å². The molecular weight excluding hydrogens is 382 g/mol. The fourth-order valence-electron chi connectivity index (χ4n) is 3.58. The van der Waals surface area contributed by atoms with E-state index in [0.717, 1.165) is 29.0 Å². The van der Waals surface area contributed by atoms with Gasteiger partial charge in [-0.25, -0.2) is 0 Å². The standard InChI is InChI=1S/C23H21N3O2S/c1-3-13-25-21(27)19(14-18-15(2)24-20-12-8-7-11-17(18)20)22(28)26(23(25)29)16-9-5-4-6-10-16/h4-12,14,27H,3,13H2,1-2H3. The summed E-state index contributed by atoms with van der Waals surface area (Å²) in [5.41, 5.74) is 3.96. The zero-order valence-corrected chi connectivity index (χ0v) is 17.1. The lowest BCUT2D eigenvalue weighted by Crippen LogP contribution is -2.26. The number of benzene rings is 2. The van der Waals surface area contributed by atoms with E-state index >= 15 is 0 Å². The summed E-state index contributed by atoms with van der Waals surface area (Å²) in [6.07, 6.45) is 2.50. The van der Waals surface area contributed by atoms with Gasteiger partial charge in [0.2, 0.25) is 5.88 Å². The fourth-order valence-corrected chi connectivity index (χ4v) is 3.94. The predicted molar refractivity (Wildman–Crippen MR) is 120 cm³/mol. The fraction of sp³-hybridized carbons (Fsp3) is 0.174. The van der Waals surface area contributed by atoms with Crippen molar-refractivity contribution in [3.05, 3.63) is 80.8 Å². The summed E-state index contributed by atoms with van der Waals surface area (Å²) in [5, 5.41) is 10.9. The van der Waals surface area contributed by atoms with E-state index in [1.807, 2.05) is 68.4 Å². The topological polar surface area (TPSA) is 59.5 Å². The maximum atomic E-state index is 13.4. The third kappa shape index (κ3) is 3.25. The van der Waals surface area contributed by atoms with Crippen molar-refractivity contribution in [3.8, 4) is 11.6 Å². The van der Waals surface area contributed by atoms with Crippen LogP contribution in [0.1, 0.15) is 31.4 Å². The van der Waals surface area contributed by atoms with Gasteiger partial charge in [-0.2, -0.15) is 0 Å². The monoisotopic (exact) mass is 403 g/mol. The summed E-state index contributed by atoms with van der Waals surface area (Å²) in [4.78, 5) is 18.0. The van der Waals surface area contributed by atoms with Gasteiger partial charge in [-0.1, -0.05) is 43.3 Å². The number of nitrogens with zero attached hydrogens (tertiary/aromatic N) is 3. The van der Waals surface area contributed by atoms with Crippen molar-refractivity contribution in [2.75, 3.05) is 0 Å². The second-order valence-corrected chi connectivity index (χ2v) is 7.29. The molecule has 29 heavy (non-hydrogen) atoms. The highest BCUT2D eigenvalue weighted by atomic mass is 32.1. The Balaban J connectivity index is 2.02. The summed E-state index contributed by atoms with van der Waals surface area (Å²) >= 11 is 5.56. The Morgan fingerprint density at radius 1 is 1.10 bits per heavy atom. The minimum Gasteiger partial charge on any atom is -0.494 e. The quantitative estimate of drug-likeness (QED) is 0.614. The van der Waals surface area contributed by atoms with Crippen LogP contribution in [0.15, 0.2) is 64.4 Å². The SMILES string of the molecule is CCCn1c(O)c(C=C2C(C)=Nc3ccccc32)c(=O)n(-c2ccccc2)c1=S. The highest BCUT2D eigenvalue weighted by Gasteiger charge is 2.21. The first kappa shape index (κ1) is 19.1. The molecule has 0 saturated heterocycles. The summed E-state index contributed by atoms with van der Waals surface area (Å²) in [6, 6.07) is 17.0. The Kier molecular flexibility index (Phi) is 5.03. The van der Waals surface area contributed by atoms with E-state index in [4.69, 9.17) is 12.2 Å². The molecule has 0 atom stereocenters. The molecule has 0 fully saturated rings. The zero-order chi connectivity index (χ0) is 20.5. The molecule has 0 bridgehead atoms. The third-order valence-electron chi connectivity index (χ3n) is 4.97. The lowest BCUT2D eigenvalue weighted by atomic mass is 10.0. The Hall–Kier alpha value is -3.25. The summed E-state index contributed by atoms with van der Waals surface area (Å²) in [6.45, 7) is 4.42. The molecule has 0 amide bonds. The maximum absolute atomic E-state index is 13.4. The number of para-hydroxylation sites is 2. The van der Waals surface area contributed by atoms with Crippen LogP contribution in [0.2, 0.25) is 0 Å². The molecule has 0 unspecified atom stereocenters. The van der Waals surface area contributed by atoms with Crippen molar-refractivity contribution in [1.82, 2.24) is 9.13 Å². The second-order valence-electron chi connectivity index (χ2n) is 6.92. The second kappa shape index (κ2) is 7.64. The van der Waals surface area contributed by atoms with Crippen LogP contribution in [-0.2, 0) is 6.54 Å². The van der Waals surface area contributed by atoms with Crippen LogP contribution in [0.5, 0.6) is 5.88 Å². The van der Waals surface area contributed by atoms with Crippen LogP contribution in [0.4, 0.5) is 5.69 Å². The highest BCUT2D eigenvalue weighted by molar-refractivity contribution is 7.71. The Labute approximate surface area is 173 Å². The summed E-state index contributed by atoms with van der Waals surface area (Å²) in [5.74, 6) is -0.112. The molecule has 0 radical (unpaired) electrons. The minimum absolute atomic E-state index is 0.112. The third-order valence-corrected chi connectivity index (χ3v) is 5.38. The number of allylic oxidation sites excluding steroid dienone is 1. The van der Waals surface area contributed by atoms with E-state index in [1.165, 1.54) is 4.57 Å². The van der Waals surface area contributed by atoms with Crippen LogP contribution in [0.3, 0.4) is 0 Å². The van der Waals surface area contributed by atoms with Crippen LogP contribution in [0, 0.1) is 4.77 Å². The van der Waals surface area contributed by atoms with Gasteiger partial charge in [0, 0.05) is 23.4 Å². The van der Waals surface area contributed by atoms with Gasteiger partial charge in [0.05, 0.1) is 11.4 Å². The van der Waals surface area contributed by atoms with Gasteiger partial charge in [-0.05, 0) is 49.8 Å². The molecular formula is C23H21N3O2S. The van der Waals surface area contributed by atoms with Crippen molar-refractivity contribution >= 4 is 35.3 Å². The van der Waals surface area contributed by atoms with E-state index in [-0.39, 0.29) is 21.8 Å². The molecule has 0 saturated carbocycles. The van der Waals surface area contributed by atoms with E-state index < -0.39 is 0 Å². The molecule has 6 heteroatoms. The number of aromatic nitrogens is 2. The number of fused-ring (bicyclic) bond motifs is 1. The largest absolute Gasteiger partial charge is 0.494 e. The van der Waals surface area contributed by atoms with Crippen LogP contribution in [0.25, 0.3) is 17.3 Å². The normalized spacial score (nSPS) is 14.1. The molecule has 0 aliphatic carbocycles. The van der Waals surface area contributed by atoms with Crippen molar-refractivity contribution in [3.63, 3.8) is 0 Å². The van der Waals surface area contributed by atoms with Crippen LogP contribution >= 0.6 is 12.2 Å². The highest BCUT2D eigenvalue weighted by Crippen LogP contribution is 2.36.